The fourth-order valence-electron chi connectivity index (χ4n) is 2.43. The van der Waals surface area contributed by atoms with Crippen molar-refractivity contribution < 1.29 is 17.8 Å². The fourth-order valence-corrected chi connectivity index (χ4v) is 3.81. The van der Waals surface area contributed by atoms with Crippen molar-refractivity contribution in [3.8, 4) is 11.5 Å². The summed E-state index contributed by atoms with van der Waals surface area (Å²) >= 11 is 0. The number of nitrogens with zero attached hydrogens (tertiary/aromatic N) is 3. The topological polar surface area (TPSA) is 107 Å². The van der Waals surface area contributed by atoms with Crippen LogP contribution in [0.15, 0.2) is 62.9 Å². The third kappa shape index (κ3) is 3.54. The van der Waals surface area contributed by atoms with Gasteiger partial charge in [-0.25, -0.2) is 8.42 Å². The first-order valence-corrected chi connectivity index (χ1v) is 9.43. The summed E-state index contributed by atoms with van der Waals surface area (Å²) in [6.07, 6.45) is 0. The van der Waals surface area contributed by atoms with Gasteiger partial charge < -0.3 is 9.32 Å². The summed E-state index contributed by atoms with van der Waals surface area (Å²) in [7, 11) is -0.601. The lowest BCUT2D eigenvalue weighted by Gasteiger charge is -2.10. The average Bonchev–Trinajstić information content (AvgIpc) is 3.09. The Hall–Kier alpha value is -3.20. The molecular formula is C18H17N3O5S. The second-order valence-corrected chi connectivity index (χ2v) is 8.01. The molecule has 0 aliphatic heterocycles. The van der Waals surface area contributed by atoms with Gasteiger partial charge in [0.05, 0.1) is 9.82 Å². The first-order chi connectivity index (χ1) is 12.7. The summed E-state index contributed by atoms with van der Waals surface area (Å²) in [5.74, 6) is 0.156. The van der Waals surface area contributed by atoms with Crippen LogP contribution in [0.5, 0.6) is 0 Å². The average molecular weight is 387 g/mol. The number of nitro groups is 1. The lowest BCUT2D eigenvalue weighted by Crippen LogP contribution is -2.13. The van der Waals surface area contributed by atoms with Gasteiger partial charge in [-0.05, 0) is 31.2 Å². The Morgan fingerprint density at radius 2 is 1.63 bits per heavy atom. The number of benzene rings is 2. The van der Waals surface area contributed by atoms with Gasteiger partial charge in [-0.1, -0.05) is 17.7 Å². The molecule has 0 aliphatic rings. The highest BCUT2D eigenvalue weighted by molar-refractivity contribution is 7.91. The van der Waals surface area contributed by atoms with Crippen molar-refractivity contribution in [2.75, 3.05) is 19.0 Å². The monoisotopic (exact) mass is 387 g/mol. The highest BCUT2D eigenvalue weighted by Gasteiger charge is 2.29. The molecule has 27 heavy (non-hydrogen) atoms. The molecule has 0 fully saturated rings. The van der Waals surface area contributed by atoms with Crippen LogP contribution in [0.1, 0.15) is 5.56 Å². The van der Waals surface area contributed by atoms with Gasteiger partial charge in [-0.15, -0.1) is 0 Å². The third-order valence-corrected chi connectivity index (χ3v) is 5.56. The van der Waals surface area contributed by atoms with Crippen molar-refractivity contribution in [2.24, 2.45) is 0 Å². The summed E-state index contributed by atoms with van der Waals surface area (Å²) < 4.78 is 31.7. The van der Waals surface area contributed by atoms with Crippen LogP contribution in [0.2, 0.25) is 0 Å². The first kappa shape index (κ1) is 18.6. The molecule has 3 rings (SSSR count). The van der Waals surface area contributed by atoms with E-state index in [1.807, 2.05) is 6.92 Å². The van der Waals surface area contributed by atoms with Crippen molar-refractivity contribution in [3.05, 3.63) is 64.2 Å². The highest BCUT2D eigenvalue weighted by Crippen LogP contribution is 2.34. The quantitative estimate of drug-likeness (QED) is 0.487. The molecule has 9 heteroatoms. The van der Waals surface area contributed by atoms with E-state index in [2.05, 4.69) is 4.98 Å². The molecule has 0 N–H and O–H groups in total. The lowest BCUT2D eigenvalue weighted by molar-refractivity contribution is -0.384. The van der Waals surface area contributed by atoms with E-state index < -0.39 is 14.8 Å². The SMILES string of the molecule is Cc1ccc(S(=O)(=O)c2nc(-c3ccc([N+](=O)[O-])cc3)oc2N(C)C)cc1. The third-order valence-electron chi connectivity index (χ3n) is 3.90. The molecule has 0 unspecified atom stereocenters. The van der Waals surface area contributed by atoms with E-state index in [0.717, 1.165) is 5.56 Å². The van der Waals surface area contributed by atoms with Gasteiger partial charge in [0.2, 0.25) is 26.6 Å². The molecule has 140 valence electrons. The molecule has 0 bridgehead atoms. The predicted octanol–water partition coefficient (Wildman–Crippen LogP) is 3.46. The zero-order valence-electron chi connectivity index (χ0n) is 14.9. The molecule has 0 aliphatic carbocycles. The van der Waals surface area contributed by atoms with Crippen LogP contribution in [-0.4, -0.2) is 32.4 Å². The Morgan fingerprint density at radius 3 is 2.15 bits per heavy atom. The fraction of sp³-hybridized carbons (Fsp3) is 0.167. The van der Waals surface area contributed by atoms with E-state index in [1.165, 1.54) is 41.3 Å². The van der Waals surface area contributed by atoms with Crippen LogP contribution >= 0.6 is 0 Å². The maximum Gasteiger partial charge on any atom is 0.269 e. The molecule has 1 heterocycles. The summed E-state index contributed by atoms with van der Waals surface area (Å²) in [5.41, 5.74) is 1.30. The van der Waals surface area contributed by atoms with Gasteiger partial charge >= 0.3 is 0 Å². The number of hydrogen-bond donors (Lipinski definition) is 0. The lowest BCUT2D eigenvalue weighted by atomic mass is 10.2. The van der Waals surface area contributed by atoms with Crippen molar-refractivity contribution in [3.63, 3.8) is 0 Å². The minimum Gasteiger partial charge on any atom is -0.419 e. The largest absolute Gasteiger partial charge is 0.419 e. The minimum atomic E-state index is -3.89. The van der Waals surface area contributed by atoms with Gasteiger partial charge in [0.15, 0.2) is 0 Å². The van der Waals surface area contributed by atoms with Gasteiger partial charge in [0.25, 0.3) is 5.69 Å². The number of non-ortho nitro benzene ring substituents is 1. The highest BCUT2D eigenvalue weighted by atomic mass is 32.2. The number of rotatable bonds is 5. The van der Waals surface area contributed by atoms with Crippen molar-refractivity contribution in [1.82, 2.24) is 4.98 Å². The van der Waals surface area contributed by atoms with Crippen LogP contribution in [0.4, 0.5) is 11.6 Å². The van der Waals surface area contributed by atoms with Gasteiger partial charge in [-0.2, -0.15) is 4.98 Å². The van der Waals surface area contributed by atoms with Gasteiger partial charge in [0.1, 0.15) is 0 Å². The number of anilines is 1. The molecule has 3 aromatic rings. The Morgan fingerprint density at radius 1 is 1.04 bits per heavy atom. The van der Waals surface area contributed by atoms with Crippen LogP contribution in [0, 0.1) is 17.0 Å². The zero-order valence-corrected chi connectivity index (χ0v) is 15.7. The molecule has 2 aromatic carbocycles. The summed E-state index contributed by atoms with van der Waals surface area (Å²) in [6, 6.07) is 12.0. The Bertz CT molecular complexity index is 1090. The maximum absolute atomic E-state index is 13.0. The van der Waals surface area contributed by atoms with E-state index >= 15 is 0 Å². The standard InChI is InChI=1S/C18H17N3O5S/c1-12-4-10-15(11-5-12)27(24,25)17-18(20(2)3)26-16(19-17)13-6-8-14(9-7-13)21(22)23/h4-11H,1-3H3. The Kier molecular flexibility index (Phi) is 4.71. The molecule has 8 nitrogen and oxygen atoms in total. The Labute approximate surface area is 156 Å². The van der Waals surface area contributed by atoms with E-state index in [4.69, 9.17) is 4.42 Å². The second kappa shape index (κ2) is 6.84. The van der Waals surface area contributed by atoms with Crippen LogP contribution in [0.25, 0.3) is 11.5 Å². The number of oxazole rings is 1. The first-order valence-electron chi connectivity index (χ1n) is 7.95. The molecule has 0 spiro atoms. The molecule has 0 saturated heterocycles. The van der Waals surface area contributed by atoms with Crippen molar-refractivity contribution in [1.29, 1.82) is 0 Å². The molecular weight excluding hydrogens is 370 g/mol. The number of nitro benzene ring substituents is 1. The van der Waals surface area contributed by atoms with Crippen molar-refractivity contribution in [2.45, 2.75) is 16.8 Å². The van der Waals surface area contributed by atoms with E-state index in [0.29, 0.717) is 5.56 Å². The van der Waals surface area contributed by atoms with Crippen LogP contribution in [0.3, 0.4) is 0 Å². The van der Waals surface area contributed by atoms with E-state index in [9.17, 15) is 18.5 Å². The van der Waals surface area contributed by atoms with Crippen LogP contribution in [-0.2, 0) is 9.84 Å². The summed E-state index contributed by atoms with van der Waals surface area (Å²) in [6.45, 7) is 1.87. The smallest absolute Gasteiger partial charge is 0.269 e. The second-order valence-electron chi connectivity index (χ2n) is 6.14. The summed E-state index contributed by atoms with van der Waals surface area (Å²) in [4.78, 5) is 16.1. The molecule has 1 aromatic heterocycles. The number of hydrogen-bond acceptors (Lipinski definition) is 7. The van der Waals surface area contributed by atoms with Gasteiger partial charge in [0, 0.05) is 31.8 Å². The van der Waals surface area contributed by atoms with Crippen LogP contribution < -0.4 is 4.90 Å². The number of aromatic nitrogens is 1. The molecule has 0 saturated carbocycles. The molecule has 0 atom stereocenters. The van der Waals surface area contributed by atoms with E-state index in [1.54, 1.807) is 26.2 Å². The minimum absolute atomic E-state index is 0.0688. The summed E-state index contributed by atoms with van der Waals surface area (Å²) in [5, 5.41) is 10.6. The zero-order chi connectivity index (χ0) is 19.8. The van der Waals surface area contributed by atoms with Gasteiger partial charge in [-0.3, -0.25) is 10.1 Å². The number of aryl methyl sites for hydroxylation is 1. The predicted molar refractivity (Wildman–Crippen MR) is 99.6 cm³/mol. The van der Waals surface area contributed by atoms with E-state index in [-0.39, 0.29) is 27.4 Å². The maximum atomic E-state index is 13.0. The molecule has 0 radical (unpaired) electrons. The van der Waals surface area contributed by atoms with Crippen molar-refractivity contribution >= 4 is 21.4 Å². The Balaban J connectivity index is 2.11. The normalized spacial score (nSPS) is 11.4. The molecule has 0 amide bonds. The number of sulfone groups is 1.